The Kier molecular flexibility index (Phi) is 32.3. The molecule has 2 saturated heterocycles. The van der Waals surface area contributed by atoms with E-state index in [0.29, 0.717) is 12.8 Å². The normalized spacial score (nSPS) is 27.3. The topological polar surface area (TPSA) is 231 Å². The predicted molar refractivity (Wildman–Crippen MR) is 247 cm³/mol. The van der Waals surface area contributed by atoms with E-state index in [1.165, 1.54) is 0 Å². The second kappa shape index (κ2) is 36.5. The molecule has 368 valence electrons. The van der Waals surface area contributed by atoms with Crippen LogP contribution in [-0.2, 0) is 38.0 Å². The molecule has 0 radical (unpaired) electrons. The number of carbonyl (C=O) groups is 2. The van der Waals surface area contributed by atoms with E-state index in [9.17, 15) is 45.3 Å². The van der Waals surface area contributed by atoms with Gasteiger partial charge in [0.1, 0.15) is 55.4 Å². The summed E-state index contributed by atoms with van der Waals surface area (Å²) in [5.74, 6) is -1.02. The first-order valence-corrected chi connectivity index (χ1v) is 23.4. The minimum absolute atomic E-state index is 0.105. The number of hydrogen-bond donors (Lipinski definition) is 7. The summed E-state index contributed by atoms with van der Waals surface area (Å²) >= 11 is 0. The molecule has 0 saturated carbocycles. The molecule has 2 aliphatic heterocycles. The molecule has 15 heteroatoms. The average molecular weight is 919 g/mol. The maximum atomic E-state index is 12.9. The van der Waals surface area contributed by atoms with E-state index in [2.05, 4.69) is 74.6 Å². The van der Waals surface area contributed by atoms with E-state index in [-0.39, 0.29) is 19.4 Å². The van der Waals surface area contributed by atoms with Crippen molar-refractivity contribution in [2.75, 3.05) is 26.4 Å². The fourth-order valence-corrected chi connectivity index (χ4v) is 6.57. The second-order valence-electron chi connectivity index (χ2n) is 15.9. The lowest BCUT2D eigenvalue weighted by Crippen LogP contribution is -2.61. The monoisotopic (exact) mass is 919 g/mol. The van der Waals surface area contributed by atoms with Crippen molar-refractivity contribution in [3.8, 4) is 0 Å². The molecule has 0 spiro atoms. The fourth-order valence-electron chi connectivity index (χ4n) is 6.57. The van der Waals surface area contributed by atoms with E-state index < -0.39 is 99.3 Å². The molecule has 0 aromatic rings. The highest BCUT2D eigenvalue weighted by atomic mass is 16.7. The molecule has 2 fully saturated rings. The summed E-state index contributed by atoms with van der Waals surface area (Å²) in [5, 5.41) is 71.9. The van der Waals surface area contributed by atoms with Crippen molar-refractivity contribution < 1.29 is 73.8 Å². The van der Waals surface area contributed by atoms with Crippen LogP contribution in [0.4, 0.5) is 0 Å². The van der Waals surface area contributed by atoms with Gasteiger partial charge in [-0.2, -0.15) is 0 Å². The third kappa shape index (κ3) is 25.2. The Morgan fingerprint density at radius 2 is 1.00 bits per heavy atom. The number of rotatable bonds is 33. The van der Waals surface area contributed by atoms with Gasteiger partial charge in [0, 0.05) is 12.8 Å². The summed E-state index contributed by atoms with van der Waals surface area (Å²) < 4.78 is 33.4. The van der Waals surface area contributed by atoms with Crippen LogP contribution in [0.25, 0.3) is 0 Å². The van der Waals surface area contributed by atoms with Crippen LogP contribution in [0.2, 0.25) is 0 Å². The third-order valence-electron chi connectivity index (χ3n) is 10.4. The molecule has 0 aromatic carbocycles. The van der Waals surface area contributed by atoms with Crippen molar-refractivity contribution in [1.82, 2.24) is 0 Å². The average Bonchev–Trinajstić information content (AvgIpc) is 3.30. The maximum absolute atomic E-state index is 12.9. The van der Waals surface area contributed by atoms with E-state index in [1.54, 1.807) is 0 Å². The smallest absolute Gasteiger partial charge is 0.306 e. The summed E-state index contributed by atoms with van der Waals surface area (Å²) in [6.45, 7) is 2.21. The summed E-state index contributed by atoms with van der Waals surface area (Å²) in [5.41, 5.74) is 0. The summed E-state index contributed by atoms with van der Waals surface area (Å²) in [4.78, 5) is 25.6. The Hall–Kier alpha value is -3.58. The van der Waals surface area contributed by atoms with Gasteiger partial charge in [-0.25, -0.2) is 0 Å². The molecule has 2 aliphatic rings. The van der Waals surface area contributed by atoms with Crippen LogP contribution in [-0.4, -0.2) is 142 Å². The molecule has 2 rings (SSSR count). The van der Waals surface area contributed by atoms with Gasteiger partial charge in [-0.3, -0.25) is 9.59 Å². The van der Waals surface area contributed by atoms with Crippen molar-refractivity contribution in [3.05, 3.63) is 97.2 Å². The van der Waals surface area contributed by atoms with Gasteiger partial charge in [-0.15, -0.1) is 0 Å². The first kappa shape index (κ1) is 57.5. The highest BCUT2D eigenvalue weighted by Crippen LogP contribution is 2.26. The molecule has 15 nitrogen and oxygen atoms in total. The summed E-state index contributed by atoms with van der Waals surface area (Å²) in [6.07, 6.45) is 27.4. The third-order valence-corrected chi connectivity index (χ3v) is 10.4. The minimum Gasteiger partial charge on any atom is -0.462 e. The number of hydrogen-bond acceptors (Lipinski definition) is 15. The predicted octanol–water partition coefficient (Wildman–Crippen LogP) is 5.42. The van der Waals surface area contributed by atoms with Crippen LogP contribution in [0.15, 0.2) is 97.2 Å². The van der Waals surface area contributed by atoms with Crippen molar-refractivity contribution in [3.63, 3.8) is 0 Å². The zero-order chi connectivity index (χ0) is 47.5. The molecule has 7 N–H and O–H groups in total. The van der Waals surface area contributed by atoms with Crippen LogP contribution >= 0.6 is 0 Å². The number of aliphatic hydroxyl groups excluding tert-OH is 7. The summed E-state index contributed by atoms with van der Waals surface area (Å²) in [7, 11) is 0. The van der Waals surface area contributed by atoms with Crippen LogP contribution in [0.1, 0.15) is 110 Å². The lowest BCUT2D eigenvalue weighted by molar-refractivity contribution is -0.332. The molecule has 0 aromatic heterocycles. The quantitative estimate of drug-likeness (QED) is 0.0189. The standard InChI is InChI=1S/C50H78O15/c1-3-5-7-9-11-13-15-17-18-19-21-22-24-26-28-30-32-41(52)60-35-38(63-42(53)33-31-29-27-25-23-20-16-14-12-10-8-6-4-2)36-61-49-48(59)46(57)44(55)40(65-49)37-62-50-47(58)45(56)43(54)39(34-51)64-50/h5-8,10-14,16-18,20-23,38-40,43-51,54-59H,3-4,9,15,19,24-37H2,1-2H3/b7-5+,8-6+,12-10+,13-11+,16-14+,18-17+,22-21+,23-20+/t38?,39-,40-,43+,44+,45?,46?,47?,48?,49-,50-/m1/s1. The van der Waals surface area contributed by atoms with Gasteiger partial charge >= 0.3 is 11.9 Å². The number of esters is 2. The second-order valence-corrected chi connectivity index (χ2v) is 15.9. The molecule has 0 aliphatic carbocycles. The van der Waals surface area contributed by atoms with E-state index in [4.69, 9.17) is 28.4 Å². The number of allylic oxidation sites excluding steroid dienone is 16. The molecule has 11 atom stereocenters. The van der Waals surface area contributed by atoms with E-state index in [0.717, 1.165) is 70.6 Å². The highest BCUT2D eigenvalue weighted by Gasteiger charge is 2.47. The van der Waals surface area contributed by atoms with Crippen LogP contribution in [0, 0.1) is 0 Å². The molecule has 5 unspecified atom stereocenters. The number of unbranched alkanes of at least 4 members (excludes halogenated alkanes) is 6. The zero-order valence-electron chi connectivity index (χ0n) is 38.4. The van der Waals surface area contributed by atoms with E-state index >= 15 is 0 Å². The Balaban J connectivity index is 1.88. The first-order chi connectivity index (χ1) is 31.5. The van der Waals surface area contributed by atoms with Crippen LogP contribution in [0.3, 0.4) is 0 Å². The van der Waals surface area contributed by atoms with Crippen LogP contribution in [0.5, 0.6) is 0 Å². The van der Waals surface area contributed by atoms with Gasteiger partial charge < -0.3 is 64.2 Å². The largest absolute Gasteiger partial charge is 0.462 e. The van der Waals surface area contributed by atoms with Crippen LogP contribution < -0.4 is 0 Å². The molecular weight excluding hydrogens is 841 g/mol. The van der Waals surface area contributed by atoms with Crippen molar-refractivity contribution >= 4 is 11.9 Å². The zero-order valence-corrected chi connectivity index (χ0v) is 38.4. The van der Waals surface area contributed by atoms with Gasteiger partial charge in [-0.1, -0.05) is 124 Å². The Bertz CT molecular complexity index is 1500. The van der Waals surface area contributed by atoms with Gasteiger partial charge in [0.25, 0.3) is 0 Å². The van der Waals surface area contributed by atoms with Gasteiger partial charge in [0.2, 0.25) is 0 Å². The molecular formula is C50H78O15. The first-order valence-electron chi connectivity index (χ1n) is 23.4. The lowest BCUT2D eigenvalue weighted by Gasteiger charge is -2.42. The number of aliphatic hydroxyl groups is 7. The number of ether oxygens (including phenoxy) is 6. The fraction of sp³-hybridized carbons (Fsp3) is 0.640. The molecule has 2 heterocycles. The minimum atomic E-state index is -1.78. The van der Waals surface area contributed by atoms with Gasteiger partial charge in [0.15, 0.2) is 18.7 Å². The molecule has 0 bridgehead atoms. The Morgan fingerprint density at radius 3 is 1.60 bits per heavy atom. The summed E-state index contributed by atoms with van der Waals surface area (Å²) in [6, 6.07) is 0. The highest BCUT2D eigenvalue weighted by molar-refractivity contribution is 5.70. The SMILES string of the molecule is CC/C=C/C=C/C=C/C=C/CCCCCC(=O)OC(COC(=O)CCCCC/C=C/C/C=C/C/C=C/C/C=C/CC)CO[C@@H]1O[C@H](CO[C@@H]2O[C@H](CO)[C@H](O)C(O)C2O)[C@H](O)C(O)C1O. The van der Waals surface area contributed by atoms with E-state index in [1.807, 2.05) is 36.5 Å². The van der Waals surface area contributed by atoms with Gasteiger partial charge in [0.05, 0.1) is 19.8 Å². The van der Waals surface area contributed by atoms with Gasteiger partial charge in [-0.05, 0) is 70.6 Å². The Labute approximate surface area is 386 Å². The molecule has 65 heavy (non-hydrogen) atoms. The van der Waals surface area contributed by atoms with Crippen molar-refractivity contribution in [1.29, 1.82) is 0 Å². The maximum Gasteiger partial charge on any atom is 0.306 e. The number of carbonyl (C=O) groups excluding carboxylic acids is 2. The molecule has 0 amide bonds. The lowest BCUT2D eigenvalue weighted by atomic mass is 9.98. The van der Waals surface area contributed by atoms with Crippen molar-refractivity contribution in [2.45, 2.75) is 178 Å². The van der Waals surface area contributed by atoms with Crippen molar-refractivity contribution in [2.24, 2.45) is 0 Å². The Morgan fingerprint density at radius 1 is 0.508 bits per heavy atom.